The van der Waals surface area contributed by atoms with Gasteiger partial charge in [-0.3, -0.25) is 14.0 Å². The summed E-state index contributed by atoms with van der Waals surface area (Å²) in [7, 11) is 0. The normalized spacial score (nSPS) is 14.6. The molecule has 0 spiro atoms. The largest absolute Gasteiger partial charge is 0.348 e. The second-order valence-corrected chi connectivity index (χ2v) is 7.22. The molecular formula is C21H19F3N4O2. The summed E-state index contributed by atoms with van der Waals surface area (Å²) in [4.78, 5) is 29.7. The first-order valence-electron chi connectivity index (χ1n) is 9.68. The molecule has 2 amide bonds. The lowest BCUT2D eigenvalue weighted by atomic mass is 9.95. The van der Waals surface area contributed by atoms with E-state index in [1.54, 1.807) is 24.4 Å². The summed E-state index contributed by atoms with van der Waals surface area (Å²) in [5.74, 6) is -6.04. The van der Waals surface area contributed by atoms with E-state index in [9.17, 15) is 22.8 Å². The lowest BCUT2D eigenvalue weighted by Gasteiger charge is -2.22. The fourth-order valence-corrected chi connectivity index (χ4v) is 3.71. The van der Waals surface area contributed by atoms with Crippen LogP contribution in [0.15, 0.2) is 36.5 Å². The SMILES string of the molecule is O=C(Nc1nc2ccccn2c1C(=O)NC1CCCCC1)c1c(F)ccc(F)c1F. The third-order valence-electron chi connectivity index (χ3n) is 5.19. The fourth-order valence-electron chi connectivity index (χ4n) is 3.71. The highest BCUT2D eigenvalue weighted by Crippen LogP contribution is 2.23. The Balaban J connectivity index is 1.69. The van der Waals surface area contributed by atoms with Gasteiger partial charge >= 0.3 is 0 Å². The predicted molar refractivity (Wildman–Crippen MR) is 104 cm³/mol. The van der Waals surface area contributed by atoms with Crippen molar-refractivity contribution in [3.8, 4) is 0 Å². The molecule has 3 aromatic rings. The summed E-state index contributed by atoms with van der Waals surface area (Å²) in [5, 5.41) is 5.20. The highest BCUT2D eigenvalue weighted by atomic mass is 19.2. The van der Waals surface area contributed by atoms with Crippen LogP contribution < -0.4 is 10.6 Å². The molecule has 1 aromatic carbocycles. The smallest absolute Gasteiger partial charge is 0.272 e. The van der Waals surface area contributed by atoms with Gasteiger partial charge < -0.3 is 10.6 Å². The molecule has 156 valence electrons. The van der Waals surface area contributed by atoms with E-state index in [1.807, 2.05) is 0 Å². The zero-order valence-corrected chi connectivity index (χ0v) is 15.9. The number of pyridine rings is 1. The molecule has 1 saturated carbocycles. The third kappa shape index (κ3) is 3.74. The van der Waals surface area contributed by atoms with Gasteiger partial charge in [-0.25, -0.2) is 18.2 Å². The molecule has 0 bridgehead atoms. The highest BCUT2D eigenvalue weighted by molar-refractivity contribution is 6.08. The van der Waals surface area contributed by atoms with Crippen LogP contribution in [-0.2, 0) is 0 Å². The molecule has 30 heavy (non-hydrogen) atoms. The summed E-state index contributed by atoms with van der Waals surface area (Å²) < 4.78 is 43.0. The molecule has 6 nitrogen and oxygen atoms in total. The third-order valence-corrected chi connectivity index (χ3v) is 5.19. The molecule has 0 radical (unpaired) electrons. The van der Waals surface area contributed by atoms with Gasteiger partial charge in [0.05, 0.1) is 0 Å². The van der Waals surface area contributed by atoms with E-state index in [-0.39, 0.29) is 17.6 Å². The van der Waals surface area contributed by atoms with Gasteiger partial charge in [0, 0.05) is 12.2 Å². The Hall–Kier alpha value is -3.36. The van der Waals surface area contributed by atoms with Crippen molar-refractivity contribution in [2.75, 3.05) is 5.32 Å². The molecular weight excluding hydrogens is 397 g/mol. The van der Waals surface area contributed by atoms with E-state index < -0.39 is 34.8 Å². The Bertz CT molecular complexity index is 1120. The van der Waals surface area contributed by atoms with Gasteiger partial charge in [-0.1, -0.05) is 25.3 Å². The summed E-state index contributed by atoms with van der Waals surface area (Å²) in [6.45, 7) is 0. The standard InChI is InChI=1S/C21H19F3N4O2/c22-13-9-10-14(23)17(24)16(13)20(29)27-19-18(28-11-5-4-8-15(28)26-19)21(30)25-12-6-2-1-3-7-12/h4-5,8-12H,1-3,6-7H2,(H,25,30)(H,27,29). The zero-order chi connectivity index (χ0) is 21.3. The second-order valence-electron chi connectivity index (χ2n) is 7.22. The van der Waals surface area contributed by atoms with Crippen LogP contribution in [0, 0.1) is 17.5 Å². The predicted octanol–water partition coefficient (Wildman–Crippen LogP) is 4.07. The van der Waals surface area contributed by atoms with Crippen LogP contribution in [0.25, 0.3) is 5.65 Å². The summed E-state index contributed by atoms with van der Waals surface area (Å²) in [6.07, 6.45) is 6.44. The number of carbonyl (C=O) groups excluding carboxylic acids is 2. The number of amides is 2. The van der Waals surface area contributed by atoms with Crippen molar-refractivity contribution in [1.29, 1.82) is 0 Å². The van der Waals surface area contributed by atoms with Gasteiger partial charge in [0.25, 0.3) is 11.8 Å². The van der Waals surface area contributed by atoms with E-state index >= 15 is 0 Å². The maximum atomic E-state index is 14.0. The average Bonchev–Trinajstić information content (AvgIpc) is 3.09. The van der Waals surface area contributed by atoms with E-state index in [2.05, 4.69) is 15.6 Å². The molecule has 1 aliphatic carbocycles. The first kappa shape index (κ1) is 19.9. The first-order chi connectivity index (χ1) is 14.5. The van der Waals surface area contributed by atoms with Crippen molar-refractivity contribution >= 4 is 23.3 Å². The van der Waals surface area contributed by atoms with E-state index in [4.69, 9.17) is 0 Å². The zero-order valence-electron chi connectivity index (χ0n) is 15.9. The Labute approximate surface area is 170 Å². The lowest BCUT2D eigenvalue weighted by molar-refractivity contribution is 0.0922. The number of hydrogen-bond donors (Lipinski definition) is 2. The summed E-state index contributed by atoms with van der Waals surface area (Å²) >= 11 is 0. The minimum Gasteiger partial charge on any atom is -0.348 e. The number of carbonyl (C=O) groups is 2. The van der Waals surface area contributed by atoms with Gasteiger partial charge in [0.2, 0.25) is 0 Å². The fraction of sp³-hybridized carbons (Fsp3) is 0.286. The Kier molecular flexibility index (Phi) is 5.43. The minimum absolute atomic E-state index is 0.00201. The molecule has 9 heteroatoms. The average molecular weight is 416 g/mol. The summed E-state index contributed by atoms with van der Waals surface area (Å²) in [5.41, 5.74) is -0.686. The van der Waals surface area contributed by atoms with Crippen LogP contribution in [0.1, 0.15) is 53.0 Å². The number of imidazole rings is 1. The lowest BCUT2D eigenvalue weighted by Crippen LogP contribution is -2.37. The molecule has 1 aliphatic rings. The summed E-state index contributed by atoms with van der Waals surface area (Å²) in [6, 6.07) is 6.26. The maximum Gasteiger partial charge on any atom is 0.272 e. The van der Waals surface area contributed by atoms with Crippen molar-refractivity contribution in [3.05, 3.63) is 65.2 Å². The Morgan fingerprint density at radius 1 is 0.967 bits per heavy atom. The number of hydrogen-bond acceptors (Lipinski definition) is 3. The number of aromatic nitrogens is 2. The molecule has 0 unspecified atom stereocenters. The van der Waals surface area contributed by atoms with Gasteiger partial charge in [0.1, 0.15) is 17.0 Å². The highest BCUT2D eigenvalue weighted by Gasteiger charge is 2.27. The number of nitrogens with one attached hydrogen (secondary N) is 2. The second kappa shape index (κ2) is 8.17. The number of fused-ring (bicyclic) bond motifs is 1. The minimum atomic E-state index is -1.61. The maximum absolute atomic E-state index is 14.0. The monoisotopic (exact) mass is 416 g/mol. The molecule has 4 rings (SSSR count). The first-order valence-corrected chi connectivity index (χ1v) is 9.68. The Morgan fingerprint density at radius 2 is 1.70 bits per heavy atom. The number of benzene rings is 1. The molecule has 2 N–H and O–H groups in total. The van der Waals surface area contributed by atoms with Crippen molar-refractivity contribution in [2.24, 2.45) is 0 Å². The number of halogens is 3. The van der Waals surface area contributed by atoms with Crippen molar-refractivity contribution < 1.29 is 22.8 Å². The molecule has 2 heterocycles. The van der Waals surface area contributed by atoms with E-state index in [1.165, 1.54) is 4.40 Å². The number of rotatable bonds is 4. The van der Waals surface area contributed by atoms with E-state index in [0.29, 0.717) is 17.8 Å². The molecule has 1 fully saturated rings. The van der Waals surface area contributed by atoms with Crippen LogP contribution in [-0.4, -0.2) is 27.2 Å². The van der Waals surface area contributed by atoms with E-state index in [0.717, 1.165) is 32.1 Å². The number of nitrogens with zero attached hydrogens (tertiary/aromatic N) is 2. The van der Waals surface area contributed by atoms with Crippen molar-refractivity contribution in [1.82, 2.24) is 14.7 Å². The topological polar surface area (TPSA) is 75.5 Å². The van der Waals surface area contributed by atoms with Gasteiger partial charge in [-0.05, 0) is 37.1 Å². The van der Waals surface area contributed by atoms with Crippen molar-refractivity contribution in [2.45, 2.75) is 38.1 Å². The van der Waals surface area contributed by atoms with Crippen LogP contribution in [0.4, 0.5) is 19.0 Å². The number of anilines is 1. The van der Waals surface area contributed by atoms with Crippen LogP contribution in [0.2, 0.25) is 0 Å². The Morgan fingerprint density at radius 3 is 2.47 bits per heavy atom. The van der Waals surface area contributed by atoms with Gasteiger partial charge in [-0.2, -0.15) is 0 Å². The quantitative estimate of drug-likeness (QED) is 0.630. The van der Waals surface area contributed by atoms with Gasteiger partial charge in [0.15, 0.2) is 23.1 Å². The molecule has 2 aromatic heterocycles. The van der Waals surface area contributed by atoms with Crippen molar-refractivity contribution in [3.63, 3.8) is 0 Å². The van der Waals surface area contributed by atoms with Crippen LogP contribution in [0.5, 0.6) is 0 Å². The molecule has 0 saturated heterocycles. The molecule has 0 aliphatic heterocycles. The molecule has 0 atom stereocenters. The van der Waals surface area contributed by atoms with Gasteiger partial charge in [-0.15, -0.1) is 0 Å². The van der Waals surface area contributed by atoms with Crippen LogP contribution in [0.3, 0.4) is 0 Å². The van der Waals surface area contributed by atoms with Crippen LogP contribution >= 0.6 is 0 Å².